The predicted octanol–water partition coefficient (Wildman–Crippen LogP) is 6.34. The van der Waals surface area contributed by atoms with Crippen LogP contribution in [-0.4, -0.2) is 34.6 Å². The molecule has 0 radical (unpaired) electrons. The first kappa shape index (κ1) is 24.2. The normalized spacial score (nSPS) is 13.6. The van der Waals surface area contributed by atoms with Crippen LogP contribution in [0.4, 0.5) is 4.79 Å². The lowest BCUT2D eigenvalue weighted by Crippen LogP contribution is -2.52. The van der Waals surface area contributed by atoms with Gasteiger partial charge in [-0.1, -0.05) is 100 Å². The first-order chi connectivity index (χ1) is 16.4. The maximum Gasteiger partial charge on any atom is 0.407 e. The van der Waals surface area contributed by atoms with Gasteiger partial charge in [0.15, 0.2) is 0 Å². The van der Waals surface area contributed by atoms with Crippen molar-refractivity contribution in [3.63, 3.8) is 0 Å². The highest BCUT2D eigenvalue weighted by Crippen LogP contribution is 2.44. The van der Waals surface area contributed by atoms with E-state index in [-0.39, 0.29) is 12.5 Å². The zero-order valence-electron chi connectivity index (χ0n) is 19.1. The van der Waals surface area contributed by atoms with Crippen molar-refractivity contribution in [2.45, 2.75) is 36.3 Å². The molecule has 3 aromatic rings. The molecule has 0 unspecified atom stereocenters. The molecule has 0 saturated heterocycles. The van der Waals surface area contributed by atoms with Gasteiger partial charge in [0.25, 0.3) is 0 Å². The Morgan fingerprint density at radius 3 is 2.09 bits per heavy atom. The summed E-state index contributed by atoms with van der Waals surface area (Å²) < 4.78 is 4.81. The van der Waals surface area contributed by atoms with Crippen LogP contribution in [0.3, 0.4) is 0 Å². The number of ether oxygens (including phenoxy) is 1. The van der Waals surface area contributed by atoms with Crippen LogP contribution >= 0.6 is 21.6 Å². The summed E-state index contributed by atoms with van der Waals surface area (Å²) in [6, 6.07) is 25.1. The van der Waals surface area contributed by atoms with Crippen LogP contribution in [-0.2, 0) is 15.3 Å². The summed E-state index contributed by atoms with van der Waals surface area (Å²) in [4.78, 5) is 24.7. The van der Waals surface area contributed by atoms with E-state index in [1.807, 2.05) is 80.6 Å². The molecule has 2 N–H and O–H groups in total. The van der Waals surface area contributed by atoms with Crippen LogP contribution in [0.2, 0.25) is 0 Å². The van der Waals surface area contributed by atoms with E-state index in [1.54, 1.807) is 10.8 Å². The van der Waals surface area contributed by atoms with Crippen molar-refractivity contribution in [3.05, 3.63) is 95.6 Å². The Kier molecular flexibility index (Phi) is 7.54. The van der Waals surface area contributed by atoms with Gasteiger partial charge in [0.2, 0.25) is 0 Å². The smallest absolute Gasteiger partial charge is 0.407 e. The Balaban J connectivity index is 1.37. The number of carboxylic acid groups (broad SMARTS) is 1. The third kappa shape index (κ3) is 5.42. The second kappa shape index (κ2) is 10.6. The quantitative estimate of drug-likeness (QED) is 0.339. The van der Waals surface area contributed by atoms with Gasteiger partial charge in [-0.3, -0.25) is 0 Å². The Bertz CT molecular complexity index is 1120. The molecule has 0 saturated carbocycles. The van der Waals surface area contributed by atoms with Crippen molar-refractivity contribution in [2.75, 3.05) is 6.61 Å². The van der Waals surface area contributed by atoms with E-state index in [1.165, 1.54) is 10.8 Å². The van der Waals surface area contributed by atoms with Crippen LogP contribution in [0.25, 0.3) is 11.1 Å². The van der Waals surface area contributed by atoms with Gasteiger partial charge in [0.1, 0.15) is 12.6 Å². The van der Waals surface area contributed by atoms with Gasteiger partial charge in [0, 0.05) is 11.7 Å². The first-order valence-corrected chi connectivity index (χ1v) is 13.4. The summed E-state index contributed by atoms with van der Waals surface area (Å²) in [7, 11) is 3.01. The highest BCUT2D eigenvalue weighted by Gasteiger charge is 2.38. The molecule has 1 atom stereocenters. The standard InChI is InChI=1S/C27H27NO4S2/c1-27(2,34-33-17-18-10-4-3-5-11-18)24(25(29)30)28-26(31)32-16-23-21-14-8-6-12-19(21)20-13-7-9-15-22(20)23/h3-15,23-24H,16-17H2,1-2H3,(H,28,31)(H,29,30)/t24-/m1/s1. The average molecular weight is 494 g/mol. The molecule has 176 valence electrons. The second-order valence-electron chi connectivity index (χ2n) is 8.68. The Morgan fingerprint density at radius 1 is 0.941 bits per heavy atom. The third-order valence-corrected chi connectivity index (χ3v) is 9.12. The van der Waals surface area contributed by atoms with E-state index < -0.39 is 22.9 Å². The van der Waals surface area contributed by atoms with E-state index in [4.69, 9.17) is 4.74 Å². The zero-order chi connectivity index (χ0) is 24.1. The summed E-state index contributed by atoms with van der Waals surface area (Å²) in [6.45, 7) is 3.78. The fraction of sp³-hybridized carbons (Fsp3) is 0.259. The largest absolute Gasteiger partial charge is 0.480 e. The first-order valence-electron chi connectivity index (χ1n) is 11.1. The van der Waals surface area contributed by atoms with E-state index in [0.717, 1.165) is 33.6 Å². The van der Waals surface area contributed by atoms with Crippen LogP contribution < -0.4 is 5.32 Å². The van der Waals surface area contributed by atoms with Gasteiger partial charge in [-0.05, 0) is 41.7 Å². The number of carbonyl (C=O) groups is 2. The summed E-state index contributed by atoms with van der Waals surface area (Å²) >= 11 is 0. The molecule has 0 aliphatic heterocycles. The minimum atomic E-state index is -1.10. The van der Waals surface area contributed by atoms with Crippen LogP contribution in [0.15, 0.2) is 78.9 Å². The molecule has 1 aliphatic carbocycles. The van der Waals surface area contributed by atoms with E-state index in [0.29, 0.717) is 0 Å². The topological polar surface area (TPSA) is 75.6 Å². The lowest BCUT2D eigenvalue weighted by molar-refractivity contribution is -0.140. The molecule has 0 fully saturated rings. The lowest BCUT2D eigenvalue weighted by Gasteiger charge is -2.30. The van der Waals surface area contributed by atoms with Gasteiger partial charge in [-0.25, -0.2) is 9.59 Å². The molecule has 1 amide bonds. The summed E-state index contributed by atoms with van der Waals surface area (Å²) in [5.41, 5.74) is 5.66. The van der Waals surface area contributed by atoms with Crippen LogP contribution in [0.1, 0.15) is 36.5 Å². The lowest BCUT2D eigenvalue weighted by atomic mass is 9.98. The fourth-order valence-corrected chi connectivity index (χ4v) is 6.89. The van der Waals surface area contributed by atoms with Gasteiger partial charge < -0.3 is 15.2 Å². The van der Waals surface area contributed by atoms with Crippen LogP contribution in [0.5, 0.6) is 0 Å². The maximum atomic E-state index is 12.7. The van der Waals surface area contributed by atoms with Gasteiger partial charge in [0.05, 0.1) is 4.75 Å². The molecule has 0 aromatic heterocycles. The van der Waals surface area contributed by atoms with Crippen molar-refractivity contribution in [1.82, 2.24) is 5.32 Å². The van der Waals surface area contributed by atoms with Gasteiger partial charge in [-0.15, -0.1) is 0 Å². The number of carboxylic acids is 1. The zero-order valence-corrected chi connectivity index (χ0v) is 20.7. The number of hydrogen-bond acceptors (Lipinski definition) is 5. The molecule has 0 heterocycles. The van der Waals surface area contributed by atoms with Gasteiger partial charge >= 0.3 is 12.1 Å². The van der Waals surface area contributed by atoms with Crippen molar-refractivity contribution in [2.24, 2.45) is 0 Å². The number of benzene rings is 3. The molecule has 1 aliphatic rings. The number of aliphatic carboxylic acids is 1. The highest BCUT2D eigenvalue weighted by atomic mass is 33.1. The number of fused-ring (bicyclic) bond motifs is 3. The number of nitrogens with one attached hydrogen (secondary N) is 1. The highest BCUT2D eigenvalue weighted by molar-refractivity contribution is 8.76. The number of carbonyl (C=O) groups excluding carboxylic acids is 1. The molecule has 34 heavy (non-hydrogen) atoms. The summed E-state index contributed by atoms with van der Waals surface area (Å²) in [6.07, 6.45) is -0.726. The van der Waals surface area contributed by atoms with Crippen molar-refractivity contribution in [3.8, 4) is 11.1 Å². The Morgan fingerprint density at radius 2 is 1.50 bits per heavy atom. The van der Waals surface area contributed by atoms with Crippen LogP contribution in [0, 0.1) is 0 Å². The second-order valence-corrected chi connectivity index (χ2v) is 11.6. The summed E-state index contributed by atoms with van der Waals surface area (Å²) in [5, 5.41) is 12.4. The number of amides is 1. The minimum Gasteiger partial charge on any atom is -0.480 e. The van der Waals surface area contributed by atoms with E-state index in [2.05, 4.69) is 17.4 Å². The number of alkyl carbamates (subject to hydrolysis) is 1. The fourth-order valence-electron chi connectivity index (χ4n) is 4.16. The monoisotopic (exact) mass is 493 g/mol. The minimum absolute atomic E-state index is 0.0785. The molecular weight excluding hydrogens is 466 g/mol. The number of hydrogen-bond donors (Lipinski definition) is 2. The number of rotatable bonds is 9. The molecule has 0 spiro atoms. The third-order valence-electron chi connectivity index (χ3n) is 5.89. The van der Waals surface area contributed by atoms with Gasteiger partial charge in [-0.2, -0.15) is 0 Å². The maximum absolute atomic E-state index is 12.7. The SMILES string of the molecule is CC(C)(SSCc1ccccc1)[C@H](NC(=O)OCC1c2ccccc2-c2ccccc21)C(=O)O. The Hall–Kier alpha value is -2.90. The average Bonchev–Trinajstić information content (AvgIpc) is 3.15. The summed E-state index contributed by atoms with van der Waals surface area (Å²) in [5.74, 6) is -0.428. The molecule has 7 heteroatoms. The molecule has 5 nitrogen and oxygen atoms in total. The van der Waals surface area contributed by atoms with E-state index >= 15 is 0 Å². The molecular formula is C27H27NO4S2. The Labute approximate surface area is 207 Å². The molecule has 4 rings (SSSR count). The molecule has 3 aromatic carbocycles. The van der Waals surface area contributed by atoms with Crippen molar-refractivity contribution < 1.29 is 19.4 Å². The van der Waals surface area contributed by atoms with Crippen molar-refractivity contribution in [1.29, 1.82) is 0 Å². The predicted molar refractivity (Wildman–Crippen MR) is 139 cm³/mol. The van der Waals surface area contributed by atoms with Crippen molar-refractivity contribution >= 4 is 33.7 Å². The molecule has 0 bridgehead atoms. The van der Waals surface area contributed by atoms with E-state index in [9.17, 15) is 14.7 Å².